The maximum atomic E-state index is 14.0. The van der Waals surface area contributed by atoms with Gasteiger partial charge in [-0.05, 0) is 45.4 Å². The minimum Gasteiger partial charge on any atom is -0.371 e. The molecule has 1 aromatic rings. The Kier molecular flexibility index (Phi) is 3.67. The fourth-order valence-electron chi connectivity index (χ4n) is 2.38. The summed E-state index contributed by atoms with van der Waals surface area (Å²) in [5.41, 5.74) is 1.81. The number of anilines is 1. The van der Waals surface area contributed by atoms with Crippen LogP contribution in [0.15, 0.2) is 18.2 Å². The van der Waals surface area contributed by atoms with Crippen LogP contribution in [0, 0.1) is 5.82 Å². The normalized spacial score (nSPS) is 17.6. The summed E-state index contributed by atoms with van der Waals surface area (Å²) in [5.74, 6) is -0.115. The van der Waals surface area contributed by atoms with Crippen molar-refractivity contribution >= 4 is 5.69 Å². The van der Waals surface area contributed by atoms with Crippen molar-refractivity contribution in [3.05, 3.63) is 29.6 Å². The average molecular weight is 236 g/mol. The first-order valence-corrected chi connectivity index (χ1v) is 6.33. The van der Waals surface area contributed by atoms with E-state index in [0.717, 1.165) is 11.3 Å². The molecule has 3 heteroatoms. The second kappa shape index (κ2) is 5.05. The molecule has 2 rings (SSSR count). The molecule has 0 aliphatic heterocycles. The van der Waals surface area contributed by atoms with Crippen molar-refractivity contribution in [2.45, 2.75) is 38.3 Å². The SMILES string of the molecule is CNC(C)c1c(F)cccc1N(C)C1CCC1. The van der Waals surface area contributed by atoms with Gasteiger partial charge < -0.3 is 10.2 Å². The standard InChI is InChI=1S/C14H21FN2/c1-10(16-2)14-12(15)8-5-9-13(14)17(3)11-6-4-7-11/h5,8-11,16H,4,6-7H2,1-3H3. The molecule has 1 aromatic carbocycles. The van der Waals surface area contributed by atoms with E-state index >= 15 is 0 Å². The summed E-state index contributed by atoms with van der Waals surface area (Å²) in [6.07, 6.45) is 3.74. The molecule has 1 saturated carbocycles. The molecule has 0 radical (unpaired) electrons. The van der Waals surface area contributed by atoms with Crippen molar-refractivity contribution in [2.24, 2.45) is 0 Å². The zero-order valence-corrected chi connectivity index (χ0v) is 10.8. The van der Waals surface area contributed by atoms with Crippen LogP contribution in [0.4, 0.5) is 10.1 Å². The van der Waals surface area contributed by atoms with Crippen LogP contribution < -0.4 is 10.2 Å². The lowest BCUT2D eigenvalue weighted by atomic mass is 9.90. The third-order valence-electron chi connectivity index (χ3n) is 3.90. The molecule has 0 bridgehead atoms. The molecule has 94 valence electrons. The van der Waals surface area contributed by atoms with Crippen LogP contribution in [-0.4, -0.2) is 20.1 Å². The number of halogens is 1. The molecule has 0 amide bonds. The van der Waals surface area contributed by atoms with Crippen LogP contribution in [0.2, 0.25) is 0 Å². The van der Waals surface area contributed by atoms with Crippen molar-refractivity contribution in [1.82, 2.24) is 5.32 Å². The van der Waals surface area contributed by atoms with E-state index in [0.29, 0.717) is 6.04 Å². The maximum absolute atomic E-state index is 14.0. The molecule has 0 aromatic heterocycles. The average Bonchev–Trinajstić information content (AvgIpc) is 2.25. The number of nitrogens with one attached hydrogen (secondary N) is 1. The largest absolute Gasteiger partial charge is 0.371 e. The molecule has 0 saturated heterocycles. The zero-order valence-electron chi connectivity index (χ0n) is 10.8. The van der Waals surface area contributed by atoms with Gasteiger partial charge in [0.15, 0.2) is 0 Å². The van der Waals surface area contributed by atoms with Crippen LogP contribution in [0.5, 0.6) is 0 Å². The van der Waals surface area contributed by atoms with Crippen LogP contribution in [0.1, 0.15) is 37.8 Å². The van der Waals surface area contributed by atoms with Gasteiger partial charge in [-0.1, -0.05) is 6.07 Å². The molecule has 1 fully saturated rings. The lowest BCUT2D eigenvalue weighted by Crippen LogP contribution is -2.38. The number of benzene rings is 1. The monoisotopic (exact) mass is 236 g/mol. The number of nitrogens with zero attached hydrogens (tertiary/aromatic N) is 1. The van der Waals surface area contributed by atoms with Crippen molar-refractivity contribution in [2.75, 3.05) is 19.0 Å². The number of hydrogen-bond donors (Lipinski definition) is 1. The Hall–Kier alpha value is -1.09. The van der Waals surface area contributed by atoms with Gasteiger partial charge in [-0.2, -0.15) is 0 Å². The highest BCUT2D eigenvalue weighted by molar-refractivity contribution is 5.56. The van der Waals surface area contributed by atoms with Gasteiger partial charge in [0.2, 0.25) is 0 Å². The van der Waals surface area contributed by atoms with Crippen molar-refractivity contribution < 1.29 is 4.39 Å². The topological polar surface area (TPSA) is 15.3 Å². The van der Waals surface area contributed by atoms with Gasteiger partial charge in [-0.25, -0.2) is 4.39 Å². The predicted octanol–water partition coefficient (Wildman–Crippen LogP) is 3.09. The molecule has 1 N–H and O–H groups in total. The molecule has 1 atom stereocenters. The number of rotatable bonds is 4. The zero-order chi connectivity index (χ0) is 12.4. The first-order chi connectivity index (χ1) is 8.15. The van der Waals surface area contributed by atoms with Gasteiger partial charge in [0.25, 0.3) is 0 Å². The van der Waals surface area contributed by atoms with E-state index < -0.39 is 0 Å². The first kappa shape index (κ1) is 12.4. The van der Waals surface area contributed by atoms with Gasteiger partial charge in [-0.15, -0.1) is 0 Å². The summed E-state index contributed by atoms with van der Waals surface area (Å²) in [6.45, 7) is 2.00. The highest BCUT2D eigenvalue weighted by atomic mass is 19.1. The third kappa shape index (κ3) is 2.29. The predicted molar refractivity (Wildman–Crippen MR) is 69.9 cm³/mol. The Morgan fingerprint density at radius 1 is 1.41 bits per heavy atom. The molecule has 0 spiro atoms. The first-order valence-electron chi connectivity index (χ1n) is 6.33. The summed E-state index contributed by atoms with van der Waals surface area (Å²) in [4.78, 5) is 2.23. The van der Waals surface area contributed by atoms with Crippen LogP contribution >= 0.6 is 0 Å². The molecular formula is C14H21FN2. The highest BCUT2D eigenvalue weighted by Gasteiger charge is 2.25. The molecule has 17 heavy (non-hydrogen) atoms. The van der Waals surface area contributed by atoms with E-state index in [1.807, 2.05) is 20.0 Å². The maximum Gasteiger partial charge on any atom is 0.130 e. The Bertz CT molecular complexity index is 388. The summed E-state index contributed by atoms with van der Waals surface area (Å²) >= 11 is 0. The highest BCUT2D eigenvalue weighted by Crippen LogP contribution is 2.33. The Balaban J connectivity index is 2.34. The summed E-state index contributed by atoms with van der Waals surface area (Å²) in [5, 5.41) is 3.13. The van der Waals surface area contributed by atoms with Gasteiger partial charge in [0.05, 0.1) is 0 Å². The fraction of sp³-hybridized carbons (Fsp3) is 0.571. The Morgan fingerprint density at radius 2 is 2.12 bits per heavy atom. The Morgan fingerprint density at radius 3 is 2.65 bits per heavy atom. The molecular weight excluding hydrogens is 215 g/mol. The minimum absolute atomic E-state index is 0.0359. The van der Waals surface area contributed by atoms with E-state index in [9.17, 15) is 4.39 Å². The summed E-state index contributed by atoms with van der Waals surface area (Å²) < 4.78 is 14.0. The second-order valence-electron chi connectivity index (χ2n) is 4.88. The van der Waals surface area contributed by atoms with E-state index in [1.54, 1.807) is 12.1 Å². The quantitative estimate of drug-likeness (QED) is 0.864. The third-order valence-corrected chi connectivity index (χ3v) is 3.90. The lowest BCUT2D eigenvalue weighted by Gasteiger charge is -2.38. The molecule has 1 aliphatic rings. The van der Waals surface area contributed by atoms with Gasteiger partial charge in [-0.3, -0.25) is 0 Å². The van der Waals surface area contributed by atoms with Crippen LogP contribution in [0.25, 0.3) is 0 Å². The van der Waals surface area contributed by atoms with Crippen LogP contribution in [-0.2, 0) is 0 Å². The van der Waals surface area contributed by atoms with E-state index in [2.05, 4.69) is 17.3 Å². The molecule has 1 aliphatic carbocycles. The van der Waals surface area contributed by atoms with Crippen molar-refractivity contribution in [3.63, 3.8) is 0 Å². The van der Waals surface area contributed by atoms with Crippen molar-refractivity contribution in [1.29, 1.82) is 0 Å². The van der Waals surface area contributed by atoms with Gasteiger partial charge in [0, 0.05) is 30.4 Å². The minimum atomic E-state index is -0.115. The molecule has 2 nitrogen and oxygen atoms in total. The Labute approximate surface area is 103 Å². The van der Waals surface area contributed by atoms with E-state index in [1.165, 1.54) is 19.3 Å². The smallest absolute Gasteiger partial charge is 0.130 e. The molecule has 0 heterocycles. The van der Waals surface area contributed by atoms with Gasteiger partial charge in [0.1, 0.15) is 5.82 Å². The van der Waals surface area contributed by atoms with E-state index in [4.69, 9.17) is 0 Å². The van der Waals surface area contributed by atoms with Crippen molar-refractivity contribution in [3.8, 4) is 0 Å². The van der Waals surface area contributed by atoms with E-state index in [-0.39, 0.29) is 11.9 Å². The summed E-state index contributed by atoms with van der Waals surface area (Å²) in [6, 6.07) is 5.98. The lowest BCUT2D eigenvalue weighted by molar-refractivity contribution is 0.399. The molecule has 1 unspecified atom stereocenters. The fourth-order valence-corrected chi connectivity index (χ4v) is 2.38. The van der Waals surface area contributed by atoms with Crippen LogP contribution in [0.3, 0.4) is 0 Å². The van der Waals surface area contributed by atoms with Gasteiger partial charge >= 0.3 is 0 Å². The number of hydrogen-bond acceptors (Lipinski definition) is 2. The second-order valence-corrected chi connectivity index (χ2v) is 4.88. The summed E-state index contributed by atoms with van der Waals surface area (Å²) in [7, 11) is 3.94.